The Balaban J connectivity index is 1.64. The van der Waals surface area contributed by atoms with Crippen LogP contribution < -0.4 is 16.3 Å². The Kier molecular flexibility index (Phi) is 9.34. The van der Waals surface area contributed by atoms with Gasteiger partial charge in [0.2, 0.25) is 0 Å². The maximum Gasteiger partial charge on any atom is 0.271 e. The molecule has 4 aromatic rings. The minimum absolute atomic E-state index is 0.317. The van der Waals surface area contributed by atoms with E-state index in [4.69, 9.17) is 0 Å². The van der Waals surface area contributed by atoms with Crippen molar-refractivity contribution in [2.75, 3.05) is 0 Å². The van der Waals surface area contributed by atoms with Crippen molar-refractivity contribution in [2.45, 2.75) is 0 Å². The van der Waals surface area contributed by atoms with E-state index < -0.39 is 35.0 Å². The molecule has 0 aliphatic carbocycles. The van der Waals surface area contributed by atoms with Gasteiger partial charge in [0.15, 0.2) is 0 Å². The summed E-state index contributed by atoms with van der Waals surface area (Å²) in [6.45, 7) is 0. The first-order valence-corrected chi connectivity index (χ1v) is 12.3. The monoisotopic (exact) mass is 564 g/mol. The minimum atomic E-state index is -0.675. The first-order valence-electron chi connectivity index (χ1n) is 12.3. The maximum atomic E-state index is 12.3. The van der Waals surface area contributed by atoms with Crippen molar-refractivity contribution in [1.29, 1.82) is 0 Å². The van der Waals surface area contributed by atoms with Crippen LogP contribution >= 0.6 is 0 Å². The number of nitrogens with zero attached hydrogens (tertiary/aromatic N) is 3. The van der Waals surface area contributed by atoms with Crippen LogP contribution in [0.15, 0.2) is 106 Å². The SMILES string of the molecule is O=C(N/N=C/c1c(O)c(/C=N/NC(=O)c2ccccc2)c(O)c(/C=N/NC(=O)c2ccccc2)c1O)c1ccccc1. The molecule has 0 atom stereocenters. The summed E-state index contributed by atoms with van der Waals surface area (Å²) in [4.78, 5) is 37.0. The smallest absolute Gasteiger partial charge is 0.271 e. The van der Waals surface area contributed by atoms with Crippen LogP contribution in [0.5, 0.6) is 17.2 Å². The average molecular weight is 565 g/mol. The Morgan fingerprint density at radius 2 is 0.690 bits per heavy atom. The number of rotatable bonds is 9. The van der Waals surface area contributed by atoms with Gasteiger partial charge in [-0.15, -0.1) is 0 Å². The second-order valence-corrected chi connectivity index (χ2v) is 8.48. The van der Waals surface area contributed by atoms with Gasteiger partial charge in [-0.1, -0.05) is 54.6 Å². The van der Waals surface area contributed by atoms with Gasteiger partial charge in [-0.2, -0.15) is 15.3 Å². The van der Waals surface area contributed by atoms with Gasteiger partial charge >= 0.3 is 0 Å². The second kappa shape index (κ2) is 13.7. The van der Waals surface area contributed by atoms with E-state index in [9.17, 15) is 29.7 Å². The topological polar surface area (TPSA) is 185 Å². The number of benzene rings is 4. The van der Waals surface area contributed by atoms with E-state index in [1.807, 2.05) is 0 Å². The maximum absolute atomic E-state index is 12.3. The molecule has 0 heterocycles. The molecule has 4 aromatic carbocycles. The van der Waals surface area contributed by atoms with Crippen LogP contribution in [0, 0.1) is 0 Å². The molecule has 12 heteroatoms. The quantitative estimate of drug-likeness (QED) is 0.134. The lowest BCUT2D eigenvalue weighted by Crippen LogP contribution is -2.18. The number of aromatic hydroxyl groups is 3. The van der Waals surface area contributed by atoms with Crippen LogP contribution in [0.3, 0.4) is 0 Å². The fourth-order valence-electron chi connectivity index (χ4n) is 3.57. The number of phenols is 3. The summed E-state index contributed by atoms with van der Waals surface area (Å²) in [5.74, 6) is -3.69. The fraction of sp³-hybridized carbons (Fsp3) is 0. The highest BCUT2D eigenvalue weighted by atomic mass is 16.3. The number of hydrazone groups is 3. The Morgan fingerprint density at radius 1 is 0.452 bits per heavy atom. The van der Waals surface area contributed by atoms with Crippen LogP contribution in [-0.2, 0) is 0 Å². The number of nitrogens with one attached hydrogen (secondary N) is 3. The molecule has 0 saturated carbocycles. The molecule has 6 N–H and O–H groups in total. The summed E-state index contributed by atoms with van der Waals surface area (Å²) >= 11 is 0. The van der Waals surface area contributed by atoms with E-state index in [0.29, 0.717) is 16.7 Å². The van der Waals surface area contributed by atoms with Crippen molar-refractivity contribution in [1.82, 2.24) is 16.3 Å². The van der Waals surface area contributed by atoms with E-state index >= 15 is 0 Å². The van der Waals surface area contributed by atoms with Gasteiger partial charge in [0.25, 0.3) is 17.7 Å². The number of carbonyl (C=O) groups is 3. The predicted molar refractivity (Wildman–Crippen MR) is 156 cm³/mol. The molecule has 0 aliphatic rings. The molecule has 0 unspecified atom stereocenters. The molecule has 4 rings (SSSR count). The van der Waals surface area contributed by atoms with Crippen molar-refractivity contribution in [2.24, 2.45) is 15.3 Å². The highest BCUT2D eigenvalue weighted by molar-refractivity contribution is 6.04. The third-order valence-corrected chi connectivity index (χ3v) is 5.72. The summed E-state index contributed by atoms with van der Waals surface area (Å²) < 4.78 is 0. The van der Waals surface area contributed by atoms with Crippen molar-refractivity contribution < 1.29 is 29.7 Å². The lowest BCUT2D eigenvalue weighted by atomic mass is 10.0. The normalized spacial score (nSPS) is 11.1. The number of carbonyl (C=O) groups excluding carboxylic acids is 3. The molecule has 0 saturated heterocycles. The van der Waals surface area contributed by atoms with E-state index in [-0.39, 0.29) is 16.7 Å². The standard InChI is InChI=1S/C30H24N6O6/c37-25-22(16-31-34-28(40)19-10-4-1-5-11-19)26(38)24(18-33-36-30(42)21-14-8-3-9-15-21)27(39)23(25)17-32-35-29(41)20-12-6-2-7-13-20/h1-18,37-39H,(H,34,40)(H,35,41)(H,36,42)/b31-16+,32-17+,33-18+. The van der Waals surface area contributed by atoms with Crippen molar-refractivity contribution in [3.63, 3.8) is 0 Å². The van der Waals surface area contributed by atoms with Crippen molar-refractivity contribution in [3.8, 4) is 17.2 Å². The zero-order valence-electron chi connectivity index (χ0n) is 21.8. The highest BCUT2D eigenvalue weighted by Gasteiger charge is 2.21. The number of hydrogen-bond acceptors (Lipinski definition) is 9. The second-order valence-electron chi connectivity index (χ2n) is 8.48. The first kappa shape index (κ1) is 28.7. The van der Waals surface area contributed by atoms with Crippen LogP contribution in [0.4, 0.5) is 0 Å². The van der Waals surface area contributed by atoms with E-state index in [1.165, 1.54) is 0 Å². The fourth-order valence-corrected chi connectivity index (χ4v) is 3.57. The zero-order chi connectivity index (χ0) is 29.9. The van der Waals surface area contributed by atoms with E-state index in [2.05, 4.69) is 31.6 Å². The highest BCUT2D eigenvalue weighted by Crippen LogP contribution is 2.39. The van der Waals surface area contributed by atoms with Gasteiger partial charge in [-0.3, -0.25) is 14.4 Å². The third-order valence-electron chi connectivity index (χ3n) is 5.72. The summed E-state index contributed by atoms with van der Waals surface area (Å²) in [5.41, 5.74) is 6.79. The van der Waals surface area contributed by atoms with Crippen LogP contribution in [0.2, 0.25) is 0 Å². The number of hydrogen-bond donors (Lipinski definition) is 6. The van der Waals surface area contributed by atoms with Crippen LogP contribution in [0.25, 0.3) is 0 Å². The largest absolute Gasteiger partial charge is 0.506 e. The lowest BCUT2D eigenvalue weighted by molar-refractivity contribution is 0.0947. The van der Waals surface area contributed by atoms with Gasteiger partial charge in [0.05, 0.1) is 35.3 Å². The van der Waals surface area contributed by atoms with E-state index in [0.717, 1.165) is 18.6 Å². The molecule has 12 nitrogen and oxygen atoms in total. The molecular weight excluding hydrogens is 540 g/mol. The average Bonchev–Trinajstić information content (AvgIpc) is 3.03. The molecule has 0 radical (unpaired) electrons. The van der Waals surface area contributed by atoms with Crippen molar-refractivity contribution in [3.05, 3.63) is 124 Å². The third kappa shape index (κ3) is 7.01. The first-order chi connectivity index (χ1) is 20.4. The predicted octanol–water partition coefficient (Wildman–Crippen LogP) is 3.10. The molecule has 3 amide bonds. The summed E-state index contributed by atoms with van der Waals surface area (Å²) in [5, 5.41) is 44.0. The zero-order valence-corrected chi connectivity index (χ0v) is 21.8. The van der Waals surface area contributed by atoms with Crippen LogP contribution in [0.1, 0.15) is 47.8 Å². The summed E-state index contributed by atoms with van der Waals surface area (Å²) in [7, 11) is 0. The van der Waals surface area contributed by atoms with Gasteiger partial charge in [0, 0.05) is 16.7 Å². The number of amides is 3. The molecule has 0 aliphatic heterocycles. The van der Waals surface area contributed by atoms with Crippen molar-refractivity contribution >= 4 is 36.4 Å². The Bertz CT molecular complexity index is 1450. The Hall–Kier alpha value is -6.30. The van der Waals surface area contributed by atoms with E-state index in [1.54, 1.807) is 91.0 Å². The molecular formula is C30H24N6O6. The number of phenolic OH excluding ortho intramolecular Hbond substituents is 3. The Labute approximate surface area is 239 Å². The van der Waals surface area contributed by atoms with Gasteiger partial charge in [-0.05, 0) is 36.4 Å². The van der Waals surface area contributed by atoms with Gasteiger partial charge < -0.3 is 15.3 Å². The molecule has 0 aromatic heterocycles. The molecule has 210 valence electrons. The molecule has 0 spiro atoms. The van der Waals surface area contributed by atoms with Gasteiger partial charge in [-0.25, -0.2) is 16.3 Å². The van der Waals surface area contributed by atoms with Crippen LogP contribution in [-0.4, -0.2) is 51.7 Å². The molecule has 0 bridgehead atoms. The Morgan fingerprint density at radius 3 is 0.929 bits per heavy atom. The minimum Gasteiger partial charge on any atom is -0.506 e. The molecule has 0 fully saturated rings. The van der Waals surface area contributed by atoms with Gasteiger partial charge in [0.1, 0.15) is 17.2 Å². The summed E-state index contributed by atoms with van der Waals surface area (Å²) in [6, 6.07) is 24.6. The lowest BCUT2D eigenvalue weighted by Gasteiger charge is -2.12. The molecule has 42 heavy (non-hydrogen) atoms. The summed E-state index contributed by atoms with van der Waals surface area (Å²) in [6.07, 6.45) is 2.85.